The normalized spacial score (nSPS) is 11.9. The van der Waals surface area contributed by atoms with Crippen molar-refractivity contribution in [2.45, 2.75) is 38.2 Å². The summed E-state index contributed by atoms with van der Waals surface area (Å²) in [5, 5.41) is 16.5. The van der Waals surface area contributed by atoms with Crippen LogP contribution in [0.4, 0.5) is 0 Å². The van der Waals surface area contributed by atoms with E-state index in [0.717, 1.165) is 59.8 Å². The number of hydrogen-bond donors (Lipinski definition) is 0. The Hall–Kier alpha value is -6.78. The molecule has 276 valence electrons. The Bertz CT molecular complexity index is 2900. The van der Waals surface area contributed by atoms with Crippen molar-refractivity contribution in [1.29, 1.82) is 0 Å². The molecule has 0 saturated carbocycles. The second-order valence-corrected chi connectivity index (χ2v) is 15.2. The number of rotatable bonds is 11. The van der Waals surface area contributed by atoms with Crippen LogP contribution in [0.15, 0.2) is 164 Å². The molecule has 0 aliphatic heterocycles. The van der Waals surface area contributed by atoms with Gasteiger partial charge in [-0.1, -0.05) is 152 Å². The van der Waals surface area contributed by atoms with Crippen molar-refractivity contribution in [3.8, 4) is 0 Å². The fourth-order valence-corrected chi connectivity index (χ4v) is 9.08. The smallest absolute Gasteiger partial charge is 0.306 e. The van der Waals surface area contributed by atoms with Crippen LogP contribution in [0.5, 0.6) is 0 Å². The van der Waals surface area contributed by atoms with Crippen LogP contribution in [-0.2, 0) is 38.3 Å². The van der Waals surface area contributed by atoms with E-state index in [1.54, 1.807) is 0 Å². The summed E-state index contributed by atoms with van der Waals surface area (Å²) >= 11 is 0. The van der Waals surface area contributed by atoms with Crippen molar-refractivity contribution in [1.82, 2.24) is 0 Å². The summed E-state index contributed by atoms with van der Waals surface area (Å²) < 4.78 is 12.2. The van der Waals surface area contributed by atoms with Gasteiger partial charge in [0.1, 0.15) is 6.10 Å². The maximum Gasteiger partial charge on any atom is 0.306 e. The lowest BCUT2D eigenvalue weighted by atomic mass is 9.89. The summed E-state index contributed by atoms with van der Waals surface area (Å²) in [4.78, 5) is 26.9. The average molecular weight is 741 g/mol. The highest BCUT2D eigenvalue weighted by Gasteiger charge is 2.23. The van der Waals surface area contributed by atoms with E-state index >= 15 is 0 Å². The second-order valence-electron chi connectivity index (χ2n) is 15.2. The lowest BCUT2D eigenvalue weighted by Crippen LogP contribution is -2.24. The fourth-order valence-electron chi connectivity index (χ4n) is 9.08. The monoisotopic (exact) mass is 740 g/mol. The molecule has 0 aliphatic carbocycles. The summed E-state index contributed by atoms with van der Waals surface area (Å²) in [5.74, 6) is -0.806. The van der Waals surface area contributed by atoms with Crippen molar-refractivity contribution in [3.05, 3.63) is 180 Å². The Morgan fingerprint density at radius 3 is 1.40 bits per heavy atom. The molecule has 0 amide bonds. The number of carbonyl (C=O) groups excluding carboxylic acids is 2. The van der Waals surface area contributed by atoms with Gasteiger partial charge in [-0.05, 0) is 104 Å². The van der Waals surface area contributed by atoms with Crippen LogP contribution in [0.3, 0.4) is 0 Å². The molecule has 0 fully saturated rings. The van der Waals surface area contributed by atoms with Crippen LogP contribution in [0, 0.1) is 0 Å². The van der Waals surface area contributed by atoms with E-state index in [2.05, 4.69) is 164 Å². The Morgan fingerprint density at radius 2 is 0.860 bits per heavy atom. The molecule has 0 aromatic heterocycles. The molecule has 0 spiro atoms. The Labute approximate surface area is 330 Å². The standard InChI is InChI=1S/C53H40O4/c54-50(56-29-28-34-20-21-37-23-22-35-14-9-15-36-24-25-47(34)53(37)52(35)36)26-27-51(55)57-42(32-48-43-16-5-1-10-38(43)30-39-11-2-6-17-44(39)48)33-49-45-18-7-3-12-40(45)31-41-13-4-8-19-46(41)49/h1-25,30-31,42H,26-29,32-33H2. The van der Waals surface area contributed by atoms with Gasteiger partial charge in [0.15, 0.2) is 0 Å². The molecule has 10 aromatic carbocycles. The zero-order valence-corrected chi connectivity index (χ0v) is 31.5. The molecule has 0 aliphatic rings. The quantitative estimate of drug-likeness (QED) is 0.0753. The summed E-state index contributed by atoms with van der Waals surface area (Å²) in [7, 11) is 0. The van der Waals surface area contributed by atoms with Crippen molar-refractivity contribution in [2.75, 3.05) is 6.61 Å². The van der Waals surface area contributed by atoms with Crippen molar-refractivity contribution < 1.29 is 19.1 Å². The molecule has 4 heteroatoms. The van der Waals surface area contributed by atoms with Gasteiger partial charge in [-0.3, -0.25) is 9.59 Å². The number of fused-ring (bicyclic) bond motifs is 4. The molecule has 0 atom stereocenters. The van der Waals surface area contributed by atoms with Crippen LogP contribution < -0.4 is 0 Å². The number of esters is 2. The van der Waals surface area contributed by atoms with E-state index in [9.17, 15) is 9.59 Å². The molecule has 57 heavy (non-hydrogen) atoms. The van der Waals surface area contributed by atoms with Crippen LogP contribution in [-0.4, -0.2) is 24.6 Å². The van der Waals surface area contributed by atoms with E-state index in [1.807, 2.05) is 0 Å². The molecule has 10 rings (SSSR count). The van der Waals surface area contributed by atoms with Crippen molar-refractivity contribution >= 4 is 87.3 Å². The molecule has 0 heterocycles. The number of benzene rings is 10. The molecule has 0 bridgehead atoms. The maximum atomic E-state index is 13.8. The third-order valence-electron chi connectivity index (χ3n) is 11.7. The molecule has 0 saturated heterocycles. The van der Waals surface area contributed by atoms with Gasteiger partial charge in [-0.2, -0.15) is 0 Å². The topological polar surface area (TPSA) is 52.6 Å². The van der Waals surface area contributed by atoms with Crippen molar-refractivity contribution in [3.63, 3.8) is 0 Å². The zero-order chi connectivity index (χ0) is 38.3. The fraction of sp³-hybridized carbons (Fsp3) is 0.132. The van der Waals surface area contributed by atoms with Crippen molar-refractivity contribution in [2.24, 2.45) is 0 Å². The minimum Gasteiger partial charge on any atom is -0.465 e. The summed E-state index contributed by atoms with van der Waals surface area (Å²) in [5.41, 5.74) is 3.44. The predicted molar refractivity (Wildman–Crippen MR) is 234 cm³/mol. The lowest BCUT2D eigenvalue weighted by Gasteiger charge is -2.22. The van der Waals surface area contributed by atoms with E-state index < -0.39 is 18.0 Å². The van der Waals surface area contributed by atoms with Gasteiger partial charge in [-0.25, -0.2) is 0 Å². The highest BCUT2D eigenvalue weighted by molar-refractivity contribution is 6.23. The van der Waals surface area contributed by atoms with Gasteiger partial charge in [0.25, 0.3) is 0 Å². The molecule has 0 N–H and O–H groups in total. The molecule has 0 unspecified atom stereocenters. The molecule has 0 radical (unpaired) electrons. The first-order valence-electron chi connectivity index (χ1n) is 19.9. The van der Waals surface area contributed by atoms with E-state index in [1.165, 1.54) is 32.3 Å². The molecule has 4 nitrogen and oxygen atoms in total. The Balaban J connectivity index is 0.889. The first-order valence-corrected chi connectivity index (χ1v) is 19.9. The summed E-state index contributed by atoms with van der Waals surface area (Å²) in [6.07, 6.45) is 1.05. The van der Waals surface area contributed by atoms with Gasteiger partial charge in [0.2, 0.25) is 0 Å². The van der Waals surface area contributed by atoms with Crippen LogP contribution in [0.1, 0.15) is 29.5 Å². The van der Waals surface area contributed by atoms with Gasteiger partial charge in [0.05, 0.1) is 19.4 Å². The van der Waals surface area contributed by atoms with Gasteiger partial charge in [0, 0.05) is 19.3 Å². The predicted octanol–water partition coefficient (Wildman–Crippen LogP) is 12.5. The van der Waals surface area contributed by atoms with E-state index in [0.29, 0.717) is 19.3 Å². The van der Waals surface area contributed by atoms with Crippen LogP contribution in [0.2, 0.25) is 0 Å². The minimum absolute atomic E-state index is 0.0432. The third kappa shape index (κ3) is 6.57. The second kappa shape index (κ2) is 14.7. The summed E-state index contributed by atoms with van der Waals surface area (Å²) in [6.45, 7) is 0.239. The molecule has 10 aromatic rings. The highest BCUT2D eigenvalue weighted by Crippen LogP contribution is 2.37. The maximum absolute atomic E-state index is 13.8. The number of ether oxygens (including phenoxy) is 2. The lowest BCUT2D eigenvalue weighted by molar-refractivity contribution is -0.153. The first kappa shape index (κ1) is 34.7. The Kier molecular flexibility index (Phi) is 8.95. The van der Waals surface area contributed by atoms with E-state index in [4.69, 9.17) is 9.47 Å². The van der Waals surface area contributed by atoms with E-state index in [-0.39, 0.29) is 19.4 Å². The van der Waals surface area contributed by atoms with Gasteiger partial charge >= 0.3 is 11.9 Å². The third-order valence-corrected chi connectivity index (χ3v) is 11.7. The van der Waals surface area contributed by atoms with Crippen LogP contribution in [0.25, 0.3) is 75.4 Å². The first-order chi connectivity index (χ1) is 28.1. The van der Waals surface area contributed by atoms with Gasteiger partial charge < -0.3 is 9.47 Å². The average Bonchev–Trinajstić information content (AvgIpc) is 3.25. The number of carbonyl (C=O) groups is 2. The Morgan fingerprint density at radius 1 is 0.421 bits per heavy atom. The zero-order valence-electron chi connectivity index (χ0n) is 31.5. The SMILES string of the molecule is O=C(CCC(=O)OC(Cc1c2ccccc2cc2ccccc12)Cc1c2ccccc2cc2ccccc12)OCCc1ccc2ccc3cccc4ccc1c2c34. The molecular formula is C53H40O4. The highest BCUT2D eigenvalue weighted by atomic mass is 16.5. The minimum atomic E-state index is -0.480. The summed E-state index contributed by atoms with van der Waals surface area (Å²) in [6, 6.07) is 57.5. The largest absolute Gasteiger partial charge is 0.465 e. The molecular weight excluding hydrogens is 701 g/mol. The van der Waals surface area contributed by atoms with Crippen LogP contribution >= 0.6 is 0 Å². The number of hydrogen-bond acceptors (Lipinski definition) is 4. The van der Waals surface area contributed by atoms with Gasteiger partial charge in [-0.15, -0.1) is 0 Å².